The van der Waals surface area contributed by atoms with Gasteiger partial charge in [0.1, 0.15) is 25.1 Å². The molecule has 3 aromatic rings. The summed E-state index contributed by atoms with van der Waals surface area (Å²) >= 11 is 0. The fourth-order valence-electron chi connectivity index (χ4n) is 4.32. The number of rotatable bonds is 14. The van der Waals surface area contributed by atoms with Gasteiger partial charge in [-0.25, -0.2) is 0 Å². The van der Waals surface area contributed by atoms with Gasteiger partial charge in [-0.2, -0.15) is 4.98 Å². The minimum atomic E-state index is -0.903. The highest BCUT2D eigenvalue weighted by Crippen LogP contribution is 2.31. The second-order valence-electron chi connectivity index (χ2n) is 9.34. The summed E-state index contributed by atoms with van der Waals surface area (Å²) in [4.78, 5) is 18.3. The summed E-state index contributed by atoms with van der Waals surface area (Å²) < 4.78 is 11.6. The SMILES string of the molecule is CCc1cc(CN(CC)CC)cc(-c2nc(-c3cc(C)c(OC[C@@H](O)CNC(=O)CO)c(CC)c3)no2)c1. The van der Waals surface area contributed by atoms with E-state index in [1.165, 1.54) is 11.1 Å². The lowest BCUT2D eigenvalue weighted by molar-refractivity contribution is -0.124. The Morgan fingerprint density at radius 3 is 2.45 bits per heavy atom. The summed E-state index contributed by atoms with van der Waals surface area (Å²) in [7, 11) is 0. The standard InChI is InChI=1S/C29H40N4O5/c1-6-20-11-21(16-33(8-3)9-4)13-24(12-20)29-31-28(32-38-29)23-10-19(5)27(22(7-2)14-23)37-18-25(35)15-30-26(36)17-34/h10-14,25,34-35H,6-9,15-18H2,1-5H3,(H,30,36)/t25-/m0/s1. The number of carbonyl (C=O) groups excluding carboxylic acids is 1. The van der Waals surface area contributed by atoms with E-state index in [4.69, 9.17) is 19.4 Å². The molecule has 0 unspecified atom stereocenters. The van der Waals surface area contributed by atoms with Gasteiger partial charge < -0.3 is 24.8 Å². The van der Waals surface area contributed by atoms with Crippen LogP contribution in [0.15, 0.2) is 34.9 Å². The van der Waals surface area contributed by atoms with Crippen molar-refractivity contribution in [2.75, 3.05) is 32.8 Å². The van der Waals surface area contributed by atoms with E-state index in [9.17, 15) is 9.90 Å². The Labute approximate surface area is 224 Å². The van der Waals surface area contributed by atoms with Gasteiger partial charge in [0.25, 0.3) is 5.89 Å². The molecule has 0 bridgehead atoms. The zero-order valence-corrected chi connectivity index (χ0v) is 23.1. The molecule has 2 aromatic carbocycles. The molecule has 1 amide bonds. The van der Waals surface area contributed by atoms with Crippen molar-refractivity contribution in [3.63, 3.8) is 0 Å². The molecule has 3 rings (SSSR count). The summed E-state index contributed by atoms with van der Waals surface area (Å²) in [6.45, 7) is 12.7. The third-order valence-corrected chi connectivity index (χ3v) is 6.52. The topological polar surface area (TPSA) is 121 Å². The van der Waals surface area contributed by atoms with Gasteiger partial charge in [-0.3, -0.25) is 9.69 Å². The fourth-order valence-corrected chi connectivity index (χ4v) is 4.32. The number of nitrogens with one attached hydrogen (secondary N) is 1. The highest BCUT2D eigenvalue weighted by atomic mass is 16.5. The first-order valence-electron chi connectivity index (χ1n) is 13.3. The second-order valence-corrected chi connectivity index (χ2v) is 9.34. The number of ether oxygens (including phenoxy) is 1. The molecule has 0 spiro atoms. The molecule has 1 aromatic heterocycles. The quantitative estimate of drug-likeness (QED) is 0.293. The first-order chi connectivity index (χ1) is 18.3. The molecule has 0 aliphatic rings. The maximum Gasteiger partial charge on any atom is 0.258 e. The largest absolute Gasteiger partial charge is 0.490 e. The van der Waals surface area contributed by atoms with Gasteiger partial charge in [0, 0.05) is 24.2 Å². The summed E-state index contributed by atoms with van der Waals surface area (Å²) in [5.41, 5.74) is 6.03. The van der Waals surface area contributed by atoms with Crippen LogP contribution in [0.1, 0.15) is 49.9 Å². The Hall–Kier alpha value is -3.27. The van der Waals surface area contributed by atoms with E-state index in [0.717, 1.165) is 48.3 Å². The van der Waals surface area contributed by atoms with Gasteiger partial charge >= 0.3 is 0 Å². The first kappa shape index (κ1) is 29.3. The second kappa shape index (κ2) is 14.0. The molecular formula is C29H40N4O5. The smallest absolute Gasteiger partial charge is 0.258 e. The number of benzene rings is 2. The Kier molecular flexibility index (Phi) is 10.8. The highest BCUT2D eigenvalue weighted by Gasteiger charge is 2.17. The van der Waals surface area contributed by atoms with Crippen LogP contribution in [0, 0.1) is 6.92 Å². The number of nitrogens with zero attached hydrogens (tertiary/aromatic N) is 3. The lowest BCUT2D eigenvalue weighted by Crippen LogP contribution is -2.36. The van der Waals surface area contributed by atoms with Crippen LogP contribution < -0.4 is 10.1 Å². The van der Waals surface area contributed by atoms with Crippen molar-refractivity contribution in [1.82, 2.24) is 20.4 Å². The molecule has 1 heterocycles. The van der Waals surface area contributed by atoms with Crippen molar-refractivity contribution < 1.29 is 24.3 Å². The molecule has 0 aliphatic carbocycles. The first-order valence-corrected chi connectivity index (χ1v) is 13.3. The number of aromatic nitrogens is 2. The number of hydrogen-bond acceptors (Lipinski definition) is 8. The molecule has 0 saturated carbocycles. The summed E-state index contributed by atoms with van der Waals surface area (Å²) in [6.07, 6.45) is 0.724. The number of aryl methyl sites for hydroxylation is 3. The Bertz CT molecular complexity index is 1210. The Morgan fingerprint density at radius 2 is 1.79 bits per heavy atom. The van der Waals surface area contributed by atoms with Crippen LogP contribution in [-0.2, 0) is 24.2 Å². The van der Waals surface area contributed by atoms with Crippen LogP contribution in [0.4, 0.5) is 0 Å². The molecule has 3 N–H and O–H groups in total. The molecule has 206 valence electrons. The predicted molar refractivity (Wildman–Crippen MR) is 147 cm³/mol. The van der Waals surface area contributed by atoms with Gasteiger partial charge in [-0.05, 0) is 79.4 Å². The van der Waals surface area contributed by atoms with Crippen molar-refractivity contribution in [2.45, 2.75) is 60.1 Å². The van der Waals surface area contributed by atoms with E-state index in [0.29, 0.717) is 23.9 Å². The average Bonchev–Trinajstić information content (AvgIpc) is 3.43. The highest BCUT2D eigenvalue weighted by molar-refractivity contribution is 5.76. The average molecular weight is 525 g/mol. The summed E-state index contributed by atoms with van der Waals surface area (Å²) in [6, 6.07) is 10.4. The molecule has 1 atom stereocenters. The van der Waals surface area contributed by atoms with Crippen LogP contribution in [-0.4, -0.2) is 70.1 Å². The van der Waals surface area contributed by atoms with Crippen LogP contribution >= 0.6 is 0 Å². The van der Waals surface area contributed by atoms with Gasteiger partial charge in [0.2, 0.25) is 11.7 Å². The van der Waals surface area contributed by atoms with Gasteiger partial charge in [-0.1, -0.05) is 38.9 Å². The third-order valence-electron chi connectivity index (χ3n) is 6.52. The molecule has 0 saturated heterocycles. The normalized spacial score (nSPS) is 12.1. The van der Waals surface area contributed by atoms with Gasteiger partial charge in [0.15, 0.2) is 0 Å². The Balaban J connectivity index is 1.81. The van der Waals surface area contributed by atoms with Crippen LogP contribution in [0.25, 0.3) is 22.8 Å². The van der Waals surface area contributed by atoms with Gasteiger partial charge in [0.05, 0.1) is 0 Å². The van der Waals surface area contributed by atoms with Crippen LogP contribution in [0.3, 0.4) is 0 Å². The van der Waals surface area contributed by atoms with E-state index >= 15 is 0 Å². The molecule has 0 radical (unpaired) electrons. The Morgan fingerprint density at radius 1 is 1.05 bits per heavy atom. The maximum absolute atomic E-state index is 11.2. The fraction of sp³-hybridized carbons (Fsp3) is 0.483. The number of hydrogen-bond donors (Lipinski definition) is 3. The minimum absolute atomic E-state index is 0.000511. The number of aliphatic hydroxyl groups excluding tert-OH is 2. The lowest BCUT2D eigenvalue weighted by Gasteiger charge is -2.18. The summed E-state index contributed by atoms with van der Waals surface area (Å²) in [5, 5.41) is 25.6. The third kappa shape index (κ3) is 7.63. The molecular weight excluding hydrogens is 484 g/mol. The van der Waals surface area contributed by atoms with E-state index in [-0.39, 0.29) is 13.2 Å². The van der Waals surface area contributed by atoms with Crippen molar-refractivity contribution >= 4 is 5.91 Å². The molecule has 0 aliphatic heterocycles. The number of carbonyl (C=O) groups is 1. The monoisotopic (exact) mass is 524 g/mol. The number of aliphatic hydroxyl groups is 2. The molecule has 38 heavy (non-hydrogen) atoms. The van der Waals surface area contributed by atoms with Crippen LogP contribution in [0.5, 0.6) is 5.75 Å². The van der Waals surface area contributed by atoms with Crippen molar-refractivity contribution in [3.8, 4) is 28.6 Å². The minimum Gasteiger partial charge on any atom is -0.490 e. The van der Waals surface area contributed by atoms with E-state index in [2.05, 4.69) is 54.3 Å². The van der Waals surface area contributed by atoms with Crippen molar-refractivity contribution in [3.05, 3.63) is 52.6 Å². The number of amides is 1. The maximum atomic E-state index is 11.2. The molecule has 0 fully saturated rings. The van der Waals surface area contributed by atoms with E-state index in [1.54, 1.807) is 0 Å². The van der Waals surface area contributed by atoms with E-state index < -0.39 is 18.6 Å². The van der Waals surface area contributed by atoms with Crippen molar-refractivity contribution in [1.29, 1.82) is 0 Å². The predicted octanol–water partition coefficient (Wildman–Crippen LogP) is 3.53. The zero-order valence-electron chi connectivity index (χ0n) is 23.1. The van der Waals surface area contributed by atoms with Gasteiger partial charge in [-0.15, -0.1) is 0 Å². The zero-order chi connectivity index (χ0) is 27.7. The molecule has 9 heteroatoms. The van der Waals surface area contributed by atoms with E-state index in [1.807, 2.05) is 26.0 Å². The van der Waals surface area contributed by atoms with Crippen molar-refractivity contribution in [2.24, 2.45) is 0 Å². The molecule has 9 nitrogen and oxygen atoms in total. The van der Waals surface area contributed by atoms with Crippen LogP contribution in [0.2, 0.25) is 0 Å². The lowest BCUT2D eigenvalue weighted by atomic mass is 10.0. The summed E-state index contributed by atoms with van der Waals surface area (Å²) in [5.74, 6) is 1.13.